The van der Waals surface area contributed by atoms with Crippen LogP contribution >= 0.6 is 11.3 Å². The molecule has 0 unspecified atom stereocenters. The van der Waals surface area contributed by atoms with Gasteiger partial charge in [-0.05, 0) is 64.1 Å². The summed E-state index contributed by atoms with van der Waals surface area (Å²) in [6.45, 7) is 8.50. The molecule has 1 saturated carbocycles. The lowest BCUT2D eigenvalue weighted by molar-refractivity contribution is 0.0464. The van der Waals surface area contributed by atoms with Crippen molar-refractivity contribution in [3.8, 4) is 0 Å². The lowest BCUT2D eigenvalue weighted by atomic mass is 9.82. The van der Waals surface area contributed by atoms with Gasteiger partial charge in [0.15, 0.2) is 0 Å². The first-order chi connectivity index (χ1) is 12.0. The van der Waals surface area contributed by atoms with E-state index >= 15 is 0 Å². The predicted molar refractivity (Wildman–Crippen MR) is 103 cm³/mol. The third kappa shape index (κ3) is 3.39. The number of aryl methyl sites for hydroxylation is 2. The molecule has 0 atom stereocenters. The van der Waals surface area contributed by atoms with Gasteiger partial charge in [0, 0.05) is 18.5 Å². The van der Waals surface area contributed by atoms with Crippen molar-refractivity contribution in [2.24, 2.45) is 5.92 Å². The van der Waals surface area contributed by atoms with E-state index in [2.05, 4.69) is 30.7 Å². The summed E-state index contributed by atoms with van der Waals surface area (Å²) < 4.78 is 0. The topological polar surface area (TPSA) is 52.5 Å². The molecule has 136 valence electrons. The molecular weight excluding hydrogens is 332 g/mol. The number of nitrogens with zero attached hydrogens (tertiary/aromatic N) is 4. The molecule has 0 amide bonds. The molecule has 1 aliphatic heterocycles. The summed E-state index contributed by atoms with van der Waals surface area (Å²) in [6.07, 6.45) is 4.31. The summed E-state index contributed by atoms with van der Waals surface area (Å²) in [5.74, 6) is 2.60. The van der Waals surface area contributed by atoms with Crippen molar-refractivity contribution in [2.45, 2.75) is 52.2 Å². The summed E-state index contributed by atoms with van der Waals surface area (Å²) in [5.41, 5.74) is 1.31. The fourth-order valence-electron chi connectivity index (χ4n) is 4.08. The molecule has 5 nitrogen and oxygen atoms in total. The third-order valence-corrected chi connectivity index (χ3v) is 6.83. The van der Waals surface area contributed by atoms with E-state index in [1.807, 2.05) is 0 Å². The lowest BCUT2D eigenvalue weighted by Gasteiger charge is -2.35. The summed E-state index contributed by atoms with van der Waals surface area (Å²) >= 11 is 1.79. The van der Waals surface area contributed by atoms with Gasteiger partial charge in [0.05, 0.1) is 18.0 Å². The van der Waals surface area contributed by atoms with Crippen LogP contribution in [0, 0.1) is 19.8 Å². The number of aliphatic hydroxyl groups excluding tert-OH is 1. The molecule has 1 N–H and O–H groups in total. The van der Waals surface area contributed by atoms with Gasteiger partial charge in [0.2, 0.25) is 0 Å². The van der Waals surface area contributed by atoms with Crippen LogP contribution in [0.1, 0.15) is 41.9 Å². The summed E-state index contributed by atoms with van der Waals surface area (Å²) in [5, 5.41) is 10.8. The number of hydrogen-bond donors (Lipinski definition) is 1. The molecule has 2 aliphatic rings. The van der Waals surface area contributed by atoms with E-state index in [0.29, 0.717) is 5.92 Å². The van der Waals surface area contributed by atoms with Crippen LogP contribution in [-0.4, -0.2) is 52.8 Å². The zero-order chi connectivity index (χ0) is 17.6. The van der Waals surface area contributed by atoms with E-state index in [-0.39, 0.29) is 6.10 Å². The number of aliphatic hydroxyl groups is 1. The highest BCUT2D eigenvalue weighted by Crippen LogP contribution is 2.36. The van der Waals surface area contributed by atoms with E-state index in [9.17, 15) is 5.11 Å². The van der Waals surface area contributed by atoms with Crippen LogP contribution in [0.15, 0.2) is 0 Å². The molecule has 2 fully saturated rings. The Morgan fingerprint density at radius 2 is 1.92 bits per heavy atom. The molecule has 1 aliphatic carbocycles. The quantitative estimate of drug-likeness (QED) is 0.888. The minimum atomic E-state index is -0.0975. The number of fused-ring (bicyclic) bond motifs is 1. The fourth-order valence-corrected chi connectivity index (χ4v) is 5.13. The van der Waals surface area contributed by atoms with Crippen LogP contribution in [0.4, 0.5) is 5.82 Å². The monoisotopic (exact) mass is 360 g/mol. The Morgan fingerprint density at radius 1 is 1.20 bits per heavy atom. The summed E-state index contributed by atoms with van der Waals surface area (Å²) in [4.78, 5) is 17.1. The van der Waals surface area contributed by atoms with Crippen LogP contribution in [0.5, 0.6) is 0 Å². The minimum absolute atomic E-state index is 0.0975. The normalized spacial score (nSPS) is 24.0. The zero-order valence-electron chi connectivity index (χ0n) is 15.5. The Bertz CT molecular complexity index is 762. The van der Waals surface area contributed by atoms with Crippen molar-refractivity contribution in [1.82, 2.24) is 14.9 Å². The average molecular weight is 361 g/mol. The van der Waals surface area contributed by atoms with Crippen molar-refractivity contribution in [3.63, 3.8) is 0 Å². The van der Waals surface area contributed by atoms with Gasteiger partial charge in [-0.3, -0.25) is 4.90 Å². The molecule has 2 aromatic heterocycles. The van der Waals surface area contributed by atoms with Gasteiger partial charge in [-0.15, -0.1) is 11.3 Å². The van der Waals surface area contributed by atoms with Gasteiger partial charge in [-0.2, -0.15) is 0 Å². The van der Waals surface area contributed by atoms with Gasteiger partial charge in [0.25, 0.3) is 0 Å². The molecule has 2 aromatic rings. The number of anilines is 1. The SMILES string of the molecule is Cc1sc2nc(CN3CCCC3)nc(N(C)CC3CC(O)C3)c2c1C. The van der Waals surface area contributed by atoms with Gasteiger partial charge >= 0.3 is 0 Å². The third-order valence-electron chi connectivity index (χ3n) is 5.72. The zero-order valence-corrected chi connectivity index (χ0v) is 16.3. The summed E-state index contributed by atoms with van der Waals surface area (Å²) in [6, 6.07) is 0. The standard InChI is InChI=1S/C19H28N4OS/c1-12-13(2)25-19-17(12)18(22(3)10-14-8-15(24)9-14)20-16(21-19)11-23-6-4-5-7-23/h14-15,24H,4-11H2,1-3H3. The molecule has 25 heavy (non-hydrogen) atoms. The highest BCUT2D eigenvalue weighted by molar-refractivity contribution is 7.18. The van der Waals surface area contributed by atoms with Gasteiger partial charge < -0.3 is 10.0 Å². The number of aromatic nitrogens is 2. The van der Waals surface area contributed by atoms with Crippen molar-refractivity contribution in [3.05, 3.63) is 16.3 Å². The first-order valence-electron chi connectivity index (χ1n) is 9.39. The molecule has 0 aromatic carbocycles. The Morgan fingerprint density at radius 3 is 2.60 bits per heavy atom. The number of hydrogen-bond acceptors (Lipinski definition) is 6. The van der Waals surface area contributed by atoms with E-state index in [1.54, 1.807) is 11.3 Å². The van der Waals surface area contributed by atoms with Crippen molar-refractivity contribution >= 4 is 27.4 Å². The van der Waals surface area contributed by atoms with Gasteiger partial charge in [-0.1, -0.05) is 0 Å². The van der Waals surface area contributed by atoms with E-state index in [1.165, 1.54) is 28.7 Å². The van der Waals surface area contributed by atoms with Crippen molar-refractivity contribution < 1.29 is 5.11 Å². The second-order valence-electron chi connectivity index (χ2n) is 7.78. The predicted octanol–water partition coefficient (Wildman–Crippen LogP) is 3.11. The first kappa shape index (κ1) is 17.2. The van der Waals surface area contributed by atoms with Crippen molar-refractivity contribution in [1.29, 1.82) is 0 Å². The Balaban J connectivity index is 1.66. The maximum absolute atomic E-state index is 9.58. The molecule has 4 rings (SSSR count). The molecule has 6 heteroatoms. The molecule has 0 radical (unpaired) electrons. The highest BCUT2D eigenvalue weighted by atomic mass is 32.1. The van der Waals surface area contributed by atoms with Crippen molar-refractivity contribution in [2.75, 3.05) is 31.6 Å². The summed E-state index contributed by atoms with van der Waals surface area (Å²) in [7, 11) is 2.14. The molecule has 0 bridgehead atoms. The fraction of sp³-hybridized carbons (Fsp3) is 0.684. The van der Waals surface area contributed by atoms with Gasteiger partial charge in [-0.25, -0.2) is 9.97 Å². The molecular formula is C19H28N4OS. The Hall–Kier alpha value is -1.24. The van der Waals surface area contributed by atoms with Crippen LogP contribution in [0.25, 0.3) is 10.2 Å². The van der Waals surface area contributed by atoms with E-state index in [4.69, 9.17) is 9.97 Å². The largest absolute Gasteiger partial charge is 0.393 e. The van der Waals surface area contributed by atoms with Crippen LogP contribution in [-0.2, 0) is 6.54 Å². The number of thiophene rings is 1. The van der Waals surface area contributed by atoms with Crippen LogP contribution in [0.3, 0.4) is 0 Å². The van der Waals surface area contributed by atoms with Crippen LogP contribution < -0.4 is 4.90 Å². The lowest BCUT2D eigenvalue weighted by Crippen LogP contribution is -2.37. The van der Waals surface area contributed by atoms with E-state index in [0.717, 1.165) is 55.5 Å². The maximum Gasteiger partial charge on any atom is 0.146 e. The first-order valence-corrected chi connectivity index (χ1v) is 10.2. The molecule has 3 heterocycles. The molecule has 1 saturated heterocycles. The van der Waals surface area contributed by atoms with E-state index < -0.39 is 0 Å². The smallest absolute Gasteiger partial charge is 0.146 e. The number of rotatable bonds is 5. The maximum atomic E-state index is 9.58. The Kier molecular flexibility index (Phi) is 4.69. The minimum Gasteiger partial charge on any atom is -0.393 e. The average Bonchev–Trinajstić information content (AvgIpc) is 3.14. The van der Waals surface area contributed by atoms with Crippen LogP contribution in [0.2, 0.25) is 0 Å². The Labute approximate surface area is 153 Å². The number of likely N-dealkylation sites (tertiary alicyclic amines) is 1. The highest BCUT2D eigenvalue weighted by Gasteiger charge is 2.29. The second kappa shape index (κ2) is 6.82. The van der Waals surface area contributed by atoms with Gasteiger partial charge in [0.1, 0.15) is 16.5 Å². The second-order valence-corrected chi connectivity index (χ2v) is 8.99. The molecule has 0 spiro atoms.